The number of nitrogens with one attached hydrogen (secondary N) is 2. The minimum atomic E-state index is 0. The monoisotopic (exact) mass is 437 g/mol. The van der Waals surface area contributed by atoms with E-state index in [4.69, 9.17) is 0 Å². The van der Waals surface area contributed by atoms with Crippen LogP contribution in [0, 0.1) is 0 Å². The van der Waals surface area contributed by atoms with E-state index in [2.05, 4.69) is 33.9 Å². The molecule has 1 fully saturated rings. The lowest BCUT2D eigenvalue weighted by molar-refractivity contribution is 0.579. The molecule has 126 valence electrons. The molecule has 0 saturated heterocycles. The number of aromatic nitrogens is 2. The van der Waals surface area contributed by atoms with E-state index in [1.807, 2.05) is 34.9 Å². The molecule has 0 aromatic carbocycles. The Bertz CT molecular complexity index is 424. The molecule has 2 atom stereocenters. The predicted octanol–water partition coefficient (Wildman–Crippen LogP) is 2.73. The highest BCUT2D eigenvalue weighted by atomic mass is 127. The Balaban J connectivity index is 0.00000242. The molecule has 1 heterocycles. The van der Waals surface area contributed by atoms with Gasteiger partial charge in [0.05, 0.1) is 0 Å². The molecule has 0 bridgehead atoms. The van der Waals surface area contributed by atoms with E-state index in [-0.39, 0.29) is 24.0 Å². The molecule has 7 heteroatoms. The average molecular weight is 437 g/mol. The molecule has 1 aromatic heterocycles. The lowest BCUT2D eigenvalue weighted by Crippen LogP contribution is -2.42. The minimum Gasteiger partial charge on any atom is -0.357 e. The number of hydrogen-bond donors (Lipinski definition) is 2. The molecule has 0 radical (unpaired) electrons. The molecule has 2 rings (SSSR count). The summed E-state index contributed by atoms with van der Waals surface area (Å²) in [6.07, 6.45) is 10.9. The second-order valence-electron chi connectivity index (χ2n) is 5.40. The molecule has 5 nitrogen and oxygen atoms in total. The molecule has 0 spiro atoms. The zero-order chi connectivity index (χ0) is 14.9. The van der Waals surface area contributed by atoms with E-state index < -0.39 is 0 Å². The zero-order valence-corrected chi connectivity index (χ0v) is 16.6. The Morgan fingerprint density at radius 1 is 1.45 bits per heavy atom. The van der Waals surface area contributed by atoms with Crippen molar-refractivity contribution >= 4 is 41.7 Å². The molecule has 1 saturated carbocycles. The Hall–Kier alpha value is -0.440. The van der Waals surface area contributed by atoms with Crippen molar-refractivity contribution in [2.24, 2.45) is 4.99 Å². The highest BCUT2D eigenvalue weighted by molar-refractivity contribution is 14.0. The number of aliphatic imine (C=N–C) groups is 1. The van der Waals surface area contributed by atoms with Crippen molar-refractivity contribution in [2.45, 2.75) is 50.4 Å². The maximum atomic E-state index is 4.67. The molecule has 2 unspecified atom stereocenters. The average Bonchev–Trinajstić information content (AvgIpc) is 3.15. The summed E-state index contributed by atoms with van der Waals surface area (Å²) in [5.41, 5.74) is 0. The molecule has 1 aliphatic rings. The maximum Gasteiger partial charge on any atom is 0.191 e. The van der Waals surface area contributed by atoms with Crippen LogP contribution >= 0.6 is 35.7 Å². The van der Waals surface area contributed by atoms with Gasteiger partial charge in [-0.2, -0.15) is 16.9 Å². The fourth-order valence-corrected chi connectivity index (χ4v) is 3.45. The molecule has 0 amide bonds. The van der Waals surface area contributed by atoms with Gasteiger partial charge in [0.2, 0.25) is 0 Å². The van der Waals surface area contributed by atoms with Gasteiger partial charge in [-0.1, -0.05) is 0 Å². The van der Waals surface area contributed by atoms with E-state index in [1.165, 1.54) is 19.3 Å². The highest BCUT2D eigenvalue weighted by Gasteiger charge is 2.24. The molecular weight excluding hydrogens is 409 g/mol. The summed E-state index contributed by atoms with van der Waals surface area (Å²) < 4.78 is 1.95. The van der Waals surface area contributed by atoms with Crippen LogP contribution < -0.4 is 10.6 Å². The topological polar surface area (TPSA) is 54.2 Å². The Kier molecular flexibility index (Phi) is 9.94. The van der Waals surface area contributed by atoms with Crippen LogP contribution in [0.5, 0.6) is 0 Å². The Morgan fingerprint density at radius 2 is 2.32 bits per heavy atom. The third kappa shape index (κ3) is 6.76. The van der Waals surface area contributed by atoms with Crippen molar-refractivity contribution in [1.29, 1.82) is 0 Å². The van der Waals surface area contributed by atoms with Crippen LogP contribution in [-0.2, 0) is 6.54 Å². The van der Waals surface area contributed by atoms with Crippen LogP contribution in [0.1, 0.15) is 32.6 Å². The third-order valence-corrected chi connectivity index (χ3v) is 4.87. The number of guanidine groups is 1. The van der Waals surface area contributed by atoms with Crippen molar-refractivity contribution in [3.8, 4) is 0 Å². The summed E-state index contributed by atoms with van der Waals surface area (Å²) in [5.74, 6) is 0.963. The van der Waals surface area contributed by atoms with Gasteiger partial charge in [0.15, 0.2) is 5.96 Å². The summed E-state index contributed by atoms with van der Waals surface area (Å²) in [5, 5.41) is 11.9. The molecular formula is C15H28IN5S. The van der Waals surface area contributed by atoms with E-state index in [0.29, 0.717) is 6.04 Å². The zero-order valence-electron chi connectivity index (χ0n) is 13.5. The van der Waals surface area contributed by atoms with E-state index in [9.17, 15) is 0 Å². The number of rotatable bonds is 7. The first-order valence-electron chi connectivity index (χ1n) is 7.87. The van der Waals surface area contributed by atoms with Crippen molar-refractivity contribution in [1.82, 2.24) is 20.4 Å². The van der Waals surface area contributed by atoms with E-state index in [1.54, 1.807) is 0 Å². The fourth-order valence-electron chi connectivity index (χ4n) is 2.65. The number of aryl methyl sites for hydroxylation is 1. The molecule has 1 aromatic rings. The standard InChI is InChI=1S/C15H27N5S.HI/c1-3-16-15(19-13-6-7-14(12-13)21-2)17-8-4-10-20-11-5-9-18-20;/h5,9,11,13-14H,3-4,6-8,10,12H2,1-2H3,(H2,16,17,19);1H. The van der Waals surface area contributed by atoms with E-state index in [0.717, 1.165) is 37.3 Å². The third-order valence-electron chi connectivity index (χ3n) is 3.78. The molecule has 22 heavy (non-hydrogen) atoms. The van der Waals surface area contributed by atoms with Crippen molar-refractivity contribution < 1.29 is 0 Å². The highest BCUT2D eigenvalue weighted by Crippen LogP contribution is 2.27. The Labute approximate surface area is 155 Å². The van der Waals surface area contributed by atoms with Gasteiger partial charge >= 0.3 is 0 Å². The second kappa shape index (κ2) is 11.2. The Morgan fingerprint density at radius 3 is 2.95 bits per heavy atom. The predicted molar refractivity (Wildman–Crippen MR) is 106 cm³/mol. The van der Waals surface area contributed by atoms with Crippen LogP contribution in [-0.4, -0.2) is 46.4 Å². The van der Waals surface area contributed by atoms with Gasteiger partial charge in [0, 0.05) is 43.3 Å². The SMILES string of the molecule is CCNC(=NCCCn1cccn1)NC1CCC(SC)C1.I. The van der Waals surface area contributed by atoms with Crippen LogP contribution in [0.3, 0.4) is 0 Å². The lowest BCUT2D eigenvalue weighted by atomic mass is 10.2. The largest absolute Gasteiger partial charge is 0.357 e. The van der Waals surface area contributed by atoms with Crippen molar-refractivity contribution in [3.05, 3.63) is 18.5 Å². The van der Waals surface area contributed by atoms with Gasteiger partial charge < -0.3 is 10.6 Å². The van der Waals surface area contributed by atoms with Crippen LogP contribution in [0.15, 0.2) is 23.5 Å². The van der Waals surface area contributed by atoms with Gasteiger partial charge in [-0.25, -0.2) is 0 Å². The van der Waals surface area contributed by atoms with Gasteiger partial charge in [-0.05, 0) is 44.9 Å². The summed E-state index contributed by atoms with van der Waals surface area (Å²) >= 11 is 1.99. The maximum absolute atomic E-state index is 4.67. The van der Waals surface area contributed by atoms with Crippen molar-refractivity contribution in [2.75, 3.05) is 19.3 Å². The number of hydrogen-bond acceptors (Lipinski definition) is 3. The first-order chi connectivity index (χ1) is 10.3. The van der Waals surface area contributed by atoms with Crippen LogP contribution in [0.2, 0.25) is 0 Å². The lowest BCUT2D eigenvalue weighted by Gasteiger charge is -2.17. The van der Waals surface area contributed by atoms with Gasteiger partial charge in [-0.15, -0.1) is 24.0 Å². The minimum absolute atomic E-state index is 0. The van der Waals surface area contributed by atoms with Gasteiger partial charge in [0.1, 0.15) is 0 Å². The number of nitrogens with zero attached hydrogens (tertiary/aromatic N) is 3. The first kappa shape index (κ1) is 19.6. The first-order valence-corrected chi connectivity index (χ1v) is 9.15. The van der Waals surface area contributed by atoms with Gasteiger partial charge in [-0.3, -0.25) is 9.67 Å². The number of thioether (sulfide) groups is 1. The fraction of sp³-hybridized carbons (Fsp3) is 0.733. The van der Waals surface area contributed by atoms with Gasteiger partial charge in [0.25, 0.3) is 0 Å². The van der Waals surface area contributed by atoms with Crippen molar-refractivity contribution in [3.63, 3.8) is 0 Å². The second-order valence-corrected chi connectivity index (χ2v) is 6.53. The molecule has 0 aliphatic heterocycles. The molecule has 2 N–H and O–H groups in total. The summed E-state index contributed by atoms with van der Waals surface area (Å²) in [7, 11) is 0. The van der Waals surface area contributed by atoms with Crippen LogP contribution in [0.25, 0.3) is 0 Å². The summed E-state index contributed by atoms with van der Waals surface area (Å²) in [6.45, 7) is 4.77. The quantitative estimate of drug-likeness (QED) is 0.298. The van der Waals surface area contributed by atoms with Crippen LogP contribution in [0.4, 0.5) is 0 Å². The number of halogens is 1. The van der Waals surface area contributed by atoms with E-state index >= 15 is 0 Å². The normalized spacial score (nSPS) is 21.5. The smallest absolute Gasteiger partial charge is 0.191 e. The molecule has 1 aliphatic carbocycles. The summed E-state index contributed by atoms with van der Waals surface area (Å²) in [6, 6.07) is 2.53. The summed E-state index contributed by atoms with van der Waals surface area (Å²) in [4.78, 5) is 4.67.